The summed E-state index contributed by atoms with van der Waals surface area (Å²) in [4.78, 5) is 11.3. The lowest BCUT2D eigenvalue weighted by Gasteiger charge is -2.13. The molecule has 0 aliphatic heterocycles. The van der Waals surface area contributed by atoms with Gasteiger partial charge in [-0.25, -0.2) is 4.79 Å². The van der Waals surface area contributed by atoms with Crippen LogP contribution in [0.2, 0.25) is 0 Å². The Hall–Kier alpha value is -0.610. The number of esters is 1. The summed E-state index contributed by atoms with van der Waals surface area (Å²) in [7, 11) is 0. The van der Waals surface area contributed by atoms with Gasteiger partial charge in [-0.1, -0.05) is 6.92 Å². The predicted octanol–water partition coefficient (Wildman–Crippen LogP) is 1.38. The minimum absolute atomic E-state index is 0.297. The largest absolute Gasteiger partial charge is 0.461 e. The first-order chi connectivity index (χ1) is 6.76. The first-order valence-electron chi connectivity index (χ1n) is 5.12. The lowest BCUT2D eigenvalue weighted by molar-refractivity contribution is -0.158. The van der Waals surface area contributed by atoms with E-state index in [0.717, 1.165) is 0 Å². The van der Waals surface area contributed by atoms with E-state index in [2.05, 4.69) is 0 Å². The molecule has 14 heavy (non-hydrogen) atoms. The zero-order valence-electron chi connectivity index (χ0n) is 9.25. The molecule has 0 saturated heterocycles. The first-order valence-corrected chi connectivity index (χ1v) is 5.12. The molecule has 0 amide bonds. The Labute approximate surface area is 85.5 Å². The fourth-order valence-electron chi connectivity index (χ4n) is 0.992. The second-order valence-corrected chi connectivity index (χ2v) is 2.72. The molecule has 0 N–H and O–H groups in total. The first kappa shape index (κ1) is 13.4. The van der Waals surface area contributed by atoms with E-state index in [0.29, 0.717) is 32.8 Å². The van der Waals surface area contributed by atoms with Crippen molar-refractivity contribution in [3.05, 3.63) is 0 Å². The molecule has 0 aromatic heterocycles. The van der Waals surface area contributed by atoms with E-state index in [1.165, 1.54) is 0 Å². The quantitative estimate of drug-likeness (QED) is 0.442. The van der Waals surface area contributed by atoms with Gasteiger partial charge < -0.3 is 14.2 Å². The van der Waals surface area contributed by atoms with E-state index in [1.54, 1.807) is 0 Å². The Morgan fingerprint density at radius 2 is 1.86 bits per heavy atom. The van der Waals surface area contributed by atoms with Crippen LogP contribution in [0.15, 0.2) is 0 Å². The smallest absolute Gasteiger partial charge is 0.335 e. The average molecular weight is 204 g/mol. The minimum Gasteiger partial charge on any atom is -0.461 e. The van der Waals surface area contributed by atoms with Crippen LogP contribution in [0.3, 0.4) is 0 Å². The summed E-state index contributed by atoms with van der Waals surface area (Å²) >= 11 is 0. The monoisotopic (exact) mass is 204 g/mol. The lowest BCUT2D eigenvalue weighted by Crippen LogP contribution is -2.27. The minimum atomic E-state index is -0.429. The highest BCUT2D eigenvalue weighted by Crippen LogP contribution is 2.00. The molecule has 0 aliphatic carbocycles. The highest BCUT2D eigenvalue weighted by atomic mass is 16.6. The molecule has 84 valence electrons. The van der Waals surface area contributed by atoms with Gasteiger partial charge in [-0.05, 0) is 20.3 Å². The van der Waals surface area contributed by atoms with E-state index in [1.807, 2.05) is 20.8 Å². The second-order valence-electron chi connectivity index (χ2n) is 2.72. The molecule has 0 aliphatic rings. The van der Waals surface area contributed by atoms with Crippen molar-refractivity contribution in [2.45, 2.75) is 33.3 Å². The van der Waals surface area contributed by atoms with Gasteiger partial charge in [0, 0.05) is 13.2 Å². The molecule has 0 aromatic rings. The summed E-state index contributed by atoms with van der Waals surface area (Å²) in [6, 6.07) is 0. The van der Waals surface area contributed by atoms with Gasteiger partial charge in [0.15, 0.2) is 6.10 Å². The highest BCUT2D eigenvalue weighted by Gasteiger charge is 2.17. The Morgan fingerprint density at radius 1 is 1.14 bits per heavy atom. The van der Waals surface area contributed by atoms with Gasteiger partial charge in [0.2, 0.25) is 0 Å². The third kappa shape index (κ3) is 5.94. The van der Waals surface area contributed by atoms with Gasteiger partial charge in [0.25, 0.3) is 0 Å². The SMILES string of the molecule is CCOCCOC(=O)C(CC)OCC. The van der Waals surface area contributed by atoms with Crippen LogP contribution in [-0.4, -0.2) is 38.5 Å². The van der Waals surface area contributed by atoms with E-state index >= 15 is 0 Å². The molecule has 0 spiro atoms. The van der Waals surface area contributed by atoms with Crippen molar-refractivity contribution < 1.29 is 19.0 Å². The van der Waals surface area contributed by atoms with Crippen molar-refractivity contribution in [1.82, 2.24) is 0 Å². The van der Waals surface area contributed by atoms with E-state index in [-0.39, 0.29) is 5.97 Å². The molecule has 0 aromatic carbocycles. The fourth-order valence-corrected chi connectivity index (χ4v) is 0.992. The van der Waals surface area contributed by atoms with Crippen LogP contribution in [0.1, 0.15) is 27.2 Å². The van der Waals surface area contributed by atoms with E-state index in [4.69, 9.17) is 14.2 Å². The summed E-state index contributed by atoms with van der Waals surface area (Å²) in [5.41, 5.74) is 0. The van der Waals surface area contributed by atoms with Crippen molar-refractivity contribution in [3.63, 3.8) is 0 Å². The zero-order valence-corrected chi connectivity index (χ0v) is 9.25. The molecule has 1 unspecified atom stereocenters. The standard InChI is InChI=1S/C10H20O4/c1-4-9(13-6-3)10(11)14-8-7-12-5-2/h9H,4-8H2,1-3H3. The summed E-state index contributed by atoms with van der Waals surface area (Å²) in [5.74, 6) is -0.297. The molecule has 0 fully saturated rings. The summed E-state index contributed by atoms with van der Waals surface area (Å²) < 4.78 is 15.2. The maximum absolute atomic E-state index is 11.3. The van der Waals surface area contributed by atoms with Crippen molar-refractivity contribution >= 4 is 5.97 Å². The van der Waals surface area contributed by atoms with Crippen molar-refractivity contribution in [2.75, 3.05) is 26.4 Å². The molecule has 4 nitrogen and oxygen atoms in total. The molecular formula is C10H20O4. The highest BCUT2D eigenvalue weighted by molar-refractivity contribution is 5.74. The van der Waals surface area contributed by atoms with Crippen LogP contribution < -0.4 is 0 Å². The number of hydrogen-bond acceptors (Lipinski definition) is 4. The summed E-state index contributed by atoms with van der Waals surface area (Å²) in [6.45, 7) is 7.57. The number of ether oxygens (including phenoxy) is 3. The van der Waals surface area contributed by atoms with Crippen molar-refractivity contribution in [3.8, 4) is 0 Å². The topological polar surface area (TPSA) is 44.8 Å². The van der Waals surface area contributed by atoms with Gasteiger partial charge in [-0.15, -0.1) is 0 Å². The Bertz CT molecular complexity index is 147. The molecular weight excluding hydrogens is 184 g/mol. The molecule has 4 heteroatoms. The van der Waals surface area contributed by atoms with E-state index < -0.39 is 6.10 Å². The van der Waals surface area contributed by atoms with Gasteiger partial charge in [0.1, 0.15) is 6.61 Å². The summed E-state index contributed by atoms with van der Waals surface area (Å²) in [6.07, 6.45) is 0.211. The van der Waals surface area contributed by atoms with Crippen LogP contribution >= 0.6 is 0 Å². The molecule has 0 bridgehead atoms. The molecule has 0 saturated carbocycles. The molecule has 0 radical (unpaired) electrons. The molecule has 0 heterocycles. The summed E-state index contributed by atoms with van der Waals surface area (Å²) in [5, 5.41) is 0. The van der Waals surface area contributed by atoms with Crippen LogP contribution in [0.25, 0.3) is 0 Å². The van der Waals surface area contributed by atoms with Gasteiger partial charge in [0.05, 0.1) is 6.61 Å². The lowest BCUT2D eigenvalue weighted by atomic mass is 10.3. The number of rotatable bonds is 8. The van der Waals surface area contributed by atoms with Crippen molar-refractivity contribution in [2.24, 2.45) is 0 Å². The van der Waals surface area contributed by atoms with Gasteiger partial charge in [-0.3, -0.25) is 0 Å². The predicted molar refractivity (Wildman–Crippen MR) is 53.2 cm³/mol. The van der Waals surface area contributed by atoms with E-state index in [9.17, 15) is 4.79 Å². The third-order valence-electron chi connectivity index (χ3n) is 1.68. The number of carbonyl (C=O) groups is 1. The van der Waals surface area contributed by atoms with Gasteiger partial charge in [-0.2, -0.15) is 0 Å². The van der Waals surface area contributed by atoms with Crippen LogP contribution in [-0.2, 0) is 19.0 Å². The van der Waals surface area contributed by atoms with Crippen LogP contribution in [0.5, 0.6) is 0 Å². The van der Waals surface area contributed by atoms with Crippen molar-refractivity contribution in [1.29, 1.82) is 0 Å². The van der Waals surface area contributed by atoms with Gasteiger partial charge >= 0.3 is 5.97 Å². The second kappa shape index (κ2) is 8.97. The fraction of sp³-hybridized carbons (Fsp3) is 0.900. The maximum atomic E-state index is 11.3. The Balaban J connectivity index is 3.58. The van der Waals surface area contributed by atoms with Crippen LogP contribution in [0.4, 0.5) is 0 Å². The number of carbonyl (C=O) groups excluding carboxylic acids is 1. The Kier molecular flexibility index (Phi) is 8.57. The van der Waals surface area contributed by atoms with Crippen LogP contribution in [0, 0.1) is 0 Å². The third-order valence-corrected chi connectivity index (χ3v) is 1.68. The number of hydrogen-bond donors (Lipinski definition) is 0. The zero-order chi connectivity index (χ0) is 10.8. The molecule has 0 rings (SSSR count). The normalized spacial score (nSPS) is 12.5. The maximum Gasteiger partial charge on any atom is 0.335 e. The molecule has 1 atom stereocenters. The average Bonchev–Trinajstić information content (AvgIpc) is 2.20. The Morgan fingerprint density at radius 3 is 2.36 bits per heavy atom.